The molecule has 0 saturated carbocycles. The molecule has 126 valence electrons. The van der Waals surface area contributed by atoms with Gasteiger partial charge in [-0.2, -0.15) is 0 Å². The summed E-state index contributed by atoms with van der Waals surface area (Å²) in [5.41, 5.74) is 1.03. The maximum atomic E-state index is 12.6. The number of pyridine rings is 1. The Kier molecular flexibility index (Phi) is 5.55. The zero-order valence-electron chi connectivity index (χ0n) is 13.3. The van der Waals surface area contributed by atoms with Gasteiger partial charge in [0.1, 0.15) is 0 Å². The molecule has 1 atom stereocenters. The number of nitrogens with one attached hydrogen (secondary N) is 2. The van der Waals surface area contributed by atoms with Gasteiger partial charge >= 0.3 is 0 Å². The van der Waals surface area contributed by atoms with E-state index in [1.54, 1.807) is 18.5 Å². The molecule has 0 aliphatic carbocycles. The van der Waals surface area contributed by atoms with Gasteiger partial charge in [0.05, 0.1) is 10.9 Å². The monoisotopic (exact) mass is 344 g/mol. The van der Waals surface area contributed by atoms with Crippen molar-refractivity contribution in [1.82, 2.24) is 20.5 Å². The molecule has 3 rings (SSSR count). The van der Waals surface area contributed by atoms with Crippen molar-refractivity contribution in [1.29, 1.82) is 0 Å². The summed E-state index contributed by atoms with van der Waals surface area (Å²) >= 11 is 1.39. The number of aromatic nitrogens is 1. The molecule has 0 spiro atoms. The Balaban J connectivity index is 1.55. The molecule has 7 heteroatoms. The lowest BCUT2D eigenvalue weighted by Gasteiger charge is -2.36. The number of hydrogen-bond donors (Lipinski definition) is 2. The van der Waals surface area contributed by atoms with E-state index in [1.165, 1.54) is 11.3 Å². The summed E-state index contributed by atoms with van der Waals surface area (Å²) in [6.07, 6.45) is 3.83. The van der Waals surface area contributed by atoms with Gasteiger partial charge in [-0.1, -0.05) is 12.1 Å². The number of amides is 2. The number of rotatable bonds is 5. The fourth-order valence-corrected chi connectivity index (χ4v) is 3.44. The van der Waals surface area contributed by atoms with E-state index < -0.39 is 0 Å². The number of piperazine rings is 1. The van der Waals surface area contributed by atoms with Gasteiger partial charge in [-0.15, -0.1) is 11.3 Å². The normalized spacial score (nSPS) is 17.5. The van der Waals surface area contributed by atoms with Crippen LogP contribution in [0.1, 0.15) is 27.7 Å². The second kappa shape index (κ2) is 8.03. The highest BCUT2D eigenvalue weighted by atomic mass is 32.1. The highest BCUT2D eigenvalue weighted by molar-refractivity contribution is 7.12. The molecule has 1 saturated heterocycles. The van der Waals surface area contributed by atoms with Crippen LogP contribution in [0.4, 0.5) is 0 Å². The number of carbonyl (C=O) groups excluding carboxylic acids is 2. The van der Waals surface area contributed by atoms with Gasteiger partial charge in [0.2, 0.25) is 5.91 Å². The first kappa shape index (κ1) is 16.6. The predicted octanol–water partition coefficient (Wildman–Crippen LogP) is 1.44. The lowest BCUT2D eigenvalue weighted by atomic mass is 10.0. The maximum Gasteiger partial charge on any atom is 0.261 e. The summed E-state index contributed by atoms with van der Waals surface area (Å²) in [5, 5.41) is 7.99. The van der Waals surface area contributed by atoms with Gasteiger partial charge in [-0.3, -0.25) is 14.6 Å². The largest absolute Gasteiger partial charge is 0.351 e. The van der Waals surface area contributed by atoms with Crippen LogP contribution >= 0.6 is 11.3 Å². The third-order valence-corrected chi connectivity index (χ3v) is 4.87. The van der Waals surface area contributed by atoms with Crippen LogP contribution < -0.4 is 10.6 Å². The fourth-order valence-electron chi connectivity index (χ4n) is 2.80. The van der Waals surface area contributed by atoms with E-state index in [-0.39, 0.29) is 17.9 Å². The SMILES string of the molecule is O=C(NCCC(=O)N1CCNCC1c1cccnc1)c1cccs1. The average molecular weight is 344 g/mol. The van der Waals surface area contributed by atoms with Crippen LogP contribution in [0, 0.1) is 0 Å². The molecule has 0 radical (unpaired) electrons. The molecule has 2 amide bonds. The highest BCUT2D eigenvalue weighted by Crippen LogP contribution is 2.22. The molecule has 1 aliphatic rings. The van der Waals surface area contributed by atoms with Crippen molar-refractivity contribution in [3.05, 3.63) is 52.5 Å². The van der Waals surface area contributed by atoms with Crippen LogP contribution in [0.5, 0.6) is 0 Å². The first-order chi connectivity index (χ1) is 11.8. The topological polar surface area (TPSA) is 74.3 Å². The molecular weight excluding hydrogens is 324 g/mol. The van der Waals surface area contributed by atoms with E-state index >= 15 is 0 Å². The van der Waals surface area contributed by atoms with Crippen LogP contribution in [0.15, 0.2) is 42.0 Å². The Hall–Kier alpha value is -2.25. The third-order valence-electron chi connectivity index (χ3n) is 4.00. The molecular formula is C17H20N4O2S. The molecule has 1 aliphatic heterocycles. The third kappa shape index (κ3) is 3.98. The first-order valence-electron chi connectivity index (χ1n) is 7.97. The second-order valence-corrected chi connectivity index (χ2v) is 6.52. The van der Waals surface area contributed by atoms with Gasteiger partial charge in [0, 0.05) is 45.0 Å². The zero-order chi connectivity index (χ0) is 16.8. The van der Waals surface area contributed by atoms with Gasteiger partial charge in [0.25, 0.3) is 5.91 Å². The summed E-state index contributed by atoms with van der Waals surface area (Å²) in [7, 11) is 0. The second-order valence-electron chi connectivity index (χ2n) is 5.58. The quantitative estimate of drug-likeness (QED) is 0.861. The smallest absolute Gasteiger partial charge is 0.261 e. The standard InChI is InChI=1S/C17H20N4O2S/c22-16(5-7-20-17(23)15-4-2-10-24-15)21-9-8-19-12-14(21)13-3-1-6-18-11-13/h1-4,6,10-11,14,19H,5,7-9,12H2,(H,20,23). The first-order valence-corrected chi connectivity index (χ1v) is 8.85. The van der Waals surface area contributed by atoms with E-state index in [9.17, 15) is 9.59 Å². The van der Waals surface area contributed by atoms with E-state index in [0.717, 1.165) is 18.7 Å². The predicted molar refractivity (Wildman–Crippen MR) is 92.8 cm³/mol. The molecule has 1 fully saturated rings. The molecule has 3 heterocycles. The number of thiophene rings is 1. The van der Waals surface area contributed by atoms with E-state index in [4.69, 9.17) is 0 Å². The summed E-state index contributed by atoms with van der Waals surface area (Å²) in [5.74, 6) is -0.0706. The van der Waals surface area contributed by atoms with Crippen molar-refractivity contribution in [3.63, 3.8) is 0 Å². The maximum absolute atomic E-state index is 12.6. The van der Waals surface area contributed by atoms with Gasteiger partial charge in [0.15, 0.2) is 0 Å². The van der Waals surface area contributed by atoms with Gasteiger partial charge in [-0.25, -0.2) is 0 Å². The van der Waals surface area contributed by atoms with Crippen molar-refractivity contribution in [3.8, 4) is 0 Å². The summed E-state index contributed by atoms with van der Waals surface area (Å²) in [6.45, 7) is 2.51. The van der Waals surface area contributed by atoms with Crippen LogP contribution in [-0.2, 0) is 4.79 Å². The molecule has 2 aromatic rings. The minimum atomic E-state index is -0.123. The minimum Gasteiger partial charge on any atom is -0.351 e. The van der Waals surface area contributed by atoms with Crippen molar-refractivity contribution >= 4 is 23.2 Å². The van der Waals surface area contributed by atoms with Gasteiger partial charge < -0.3 is 15.5 Å². The van der Waals surface area contributed by atoms with Crippen LogP contribution in [-0.4, -0.2) is 47.9 Å². The van der Waals surface area contributed by atoms with Crippen molar-refractivity contribution in [2.75, 3.05) is 26.2 Å². The Morgan fingerprint density at radius 2 is 2.29 bits per heavy atom. The summed E-state index contributed by atoms with van der Waals surface area (Å²) in [4.78, 5) is 31.2. The highest BCUT2D eigenvalue weighted by Gasteiger charge is 2.27. The Morgan fingerprint density at radius 3 is 3.04 bits per heavy atom. The lowest BCUT2D eigenvalue weighted by molar-refractivity contribution is -0.134. The number of nitrogens with zero attached hydrogens (tertiary/aromatic N) is 2. The van der Waals surface area contributed by atoms with Crippen LogP contribution in [0.25, 0.3) is 0 Å². The molecule has 24 heavy (non-hydrogen) atoms. The zero-order valence-corrected chi connectivity index (χ0v) is 14.1. The fraction of sp³-hybridized carbons (Fsp3) is 0.353. The molecule has 6 nitrogen and oxygen atoms in total. The summed E-state index contributed by atoms with van der Waals surface area (Å²) in [6, 6.07) is 7.48. The average Bonchev–Trinajstić information content (AvgIpc) is 3.17. The molecule has 2 N–H and O–H groups in total. The number of carbonyl (C=O) groups is 2. The van der Waals surface area contributed by atoms with Crippen molar-refractivity contribution < 1.29 is 9.59 Å². The Labute approximate surface area is 144 Å². The van der Waals surface area contributed by atoms with Crippen molar-refractivity contribution in [2.45, 2.75) is 12.5 Å². The van der Waals surface area contributed by atoms with Crippen LogP contribution in [0.3, 0.4) is 0 Å². The minimum absolute atomic E-state index is 0.00653. The molecule has 0 bridgehead atoms. The summed E-state index contributed by atoms with van der Waals surface area (Å²) < 4.78 is 0. The Morgan fingerprint density at radius 1 is 1.38 bits per heavy atom. The van der Waals surface area contributed by atoms with Crippen molar-refractivity contribution in [2.24, 2.45) is 0 Å². The van der Waals surface area contributed by atoms with Gasteiger partial charge in [-0.05, 0) is 23.1 Å². The van der Waals surface area contributed by atoms with E-state index in [1.807, 2.05) is 28.5 Å². The Bertz CT molecular complexity index is 675. The number of hydrogen-bond acceptors (Lipinski definition) is 5. The van der Waals surface area contributed by atoms with E-state index in [0.29, 0.717) is 24.4 Å². The van der Waals surface area contributed by atoms with E-state index in [2.05, 4.69) is 15.6 Å². The lowest BCUT2D eigenvalue weighted by Crippen LogP contribution is -2.49. The molecule has 2 aromatic heterocycles. The molecule has 1 unspecified atom stereocenters. The van der Waals surface area contributed by atoms with Crippen LogP contribution in [0.2, 0.25) is 0 Å². The molecule has 0 aromatic carbocycles.